The van der Waals surface area contributed by atoms with Crippen molar-refractivity contribution in [2.24, 2.45) is 4.99 Å². The van der Waals surface area contributed by atoms with E-state index in [1.54, 1.807) is 31.3 Å². The molecule has 3 heterocycles. The van der Waals surface area contributed by atoms with Crippen LogP contribution < -0.4 is 5.32 Å². The van der Waals surface area contributed by atoms with Crippen LogP contribution in [-0.2, 0) is 6.54 Å². The van der Waals surface area contributed by atoms with Gasteiger partial charge in [-0.15, -0.1) is 24.0 Å². The maximum atomic E-state index is 12.4. The van der Waals surface area contributed by atoms with Gasteiger partial charge < -0.3 is 14.7 Å². The lowest BCUT2D eigenvalue weighted by Gasteiger charge is -2.36. The van der Waals surface area contributed by atoms with Gasteiger partial charge in [-0.05, 0) is 31.9 Å². The number of carbonyl (C=O) groups is 2. The third-order valence-corrected chi connectivity index (χ3v) is 5.92. The molecule has 0 spiro atoms. The monoisotopic (exact) mass is 566 g/mol. The largest absolute Gasteiger partial charge is 0.361 e. The summed E-state index contributed by atoms with van der Waals surface area (Å²) in [5, 5.41) is 7.49. The second kappa shape index (κ2) is 11.6. The molecule has 10 heteroatoms. The number of piperazine rings is 1. The molecule has 2 aromatic rings. The summed E-state index contributed by atoms with van der Waals surface area (Å²) in [6.07, 6.45) is 1.60. The first-order valence-electron chi connectivity index (χ1n) is 11.1. The zero-order valence-electron chi connectivity index (χ0n) is 19.1. The summed E-state index contributed by atoms with van der Waals surface area (Å²) in [7, 11) is 1.80. The second-order valence-electron chi connectivity index (χ2n) is 8.18. The van der Waals surface area contributed by atoms with E-state index in [0.29, 0.717) is 17.7 Å². The average Bonchev–Trinajstić information content (AvgIpc) is 3.32. The molecule has 0 bridgehead atoms. The minimum Gasteiger partial charge on any atom is -0.361 e. The Bertz CT molecular complexity index is 965. The van der Waals surface area contributed by atoms with Crippen LogP contribution in [0.5, 0.6) is 0 Å². The molecule has 0 unspecified atom stereocenters. The first-order chi connectivity index (χ1) is 15.6. The fourth-order valence-corrected chi connectivity index (χ4v) is 4.21. The topological polar surface area (TPSA) is 94.3 Å². The van der Waals surface area contributed by atoms with E-state index in [9.17, 15) is 9.59 Å². The minimum atomic E-state index is -0.187. The Labute approximate surface area is 211 Å². The average molecular weight is 566 g/mol. The molecule has 1 aromatic heterocycles. The second-order valence-corrected chi connectivity index (χ2v) is 8.18. The highest BCUT2D eigenvalue weighted by Gasteiger charge is 2.34. The highest BCUT2D eigenvalue weighted by Crippen LogP contribution is 2.22. The van der Waals surface area contributed by atoms with E-state index in [1.165, 1.54) is 4.90 Å². The van der Waals surface area contributed by atoms with Crippen molar-refractivity contribution in [1.82, 2.24) is 25.2 Å². The molecule has 2 aliphatic rings. The summed E-state index contributed by atoms with van der Waals surface area (Å²) in [6.45, 7) is 7.55. The van der Waals surface area contributed by atoms with Gasteiger partial charge in [-0.2, -0.15) is 0 Å². The number of aryl methyl sites for hydroxylation is 1. The number of benzene rings is 1. The minimum absolute atomic E-state index is 0. The van der Waals surface area contributed by atoms with Crippen LogP contribution in [0.1, 0.15) is 45.0 Å². The van der Waals surface area contributed by atoms with Crippen molar-refractivity contribution in [3.8, 4) is 0 Å². The van der Waals surface area contributed by atoms with Crippen molar-refractivity contribution in [2.75, 3.05) is 46.3 Å². The SMILES string of the molecule is CN=C(NCCCCN1C(=O)c2ccccc2C1=O)N1CCN(Cc2cc(C)on2)CC1.I. The zero-order chi connectivity index (χ0) is 22.5. The van der Waals surface area contributed by atoms with Crippen LogP contribution in [0, 0.1) is 6.92 Å². The van der Waals surface area contributed by atoms with Gasteiger partial charge in [0.15, 0.2) is 5.96 Å². The summed E-state index contributed by atoms with van der Waals surface area (Å²) in [6, 6.07) is 8.99. The zero-order valence-corrected chi connectivity index (χ0v) is 21.5. The van der Waals surface area contributed by atoms with Crippen LogP contribution in [0.15, 0.2) is 39.8 Å². The number of unbranched alkanes of at least 4 members (excludes halogenated alkanes) is 1. The first kappa shape index (κ1) is 25.2. The lowest BCUT2D eigenvalue weighted by molar-refractivity contribution is 0.0651. The lowest BCUT2D eigenvalue weighted by Crippen LogP contribution is -2.52. The van der Waals surface area contributed by atoms with E-state index in [1.807, 2.05) is 13.0 Å². The van der Waals surface area contributed by atoms with Gasteiger partial charge >= 0.3 is 0 Å². The Kier molecular flexibility index (Phi) is 8.84. The molecule has 1 saturated heterocycles. The van der Waals surface area contributed by atoms with Gasteiger partial charge in [-0.1, -0.05) is 17.3 Å². The Balaban J connectivity index is 0.00000306. The van der Waals surface area contributed by atoms with Crippen LogP contribution in [-0.4, -0.2) is 83.9 Å². The number of guanidine groups is 1. The summed E-state index contributed by atoms with van der Waals surface area (Å²) in [5.74, 6) is 1.36. The Morgan fingerprint density at radius 1 is 1.09 bits per heavy atom. The number of nitrogens with zero attached hydrogens (tertiary/aromatic N) is 5. The Morgan fingerprint density at radius 2 is 1.76 bits per heavy atom. The molecule has 1 fully saturated rings. The van der Waals surface area contributed by atoms with Crippen molar-refractivity contribution in [2.45, 2.75) is 26.3 Å². The number of aliphatic imine (C=N–C) groups is 1. The number of hydrogen-bond acceptors (Lipinski definition) is 6. The molecular weight excluding hydrogens is 535 g/mol. The molecule has 0 saturated carbocycles. The van der Waals surface area contributed by atoms with Crippen molar-refractivity contribution >= 4 is 41.8 Å². The van der Waals surface area contributed by atoms with Crippen LogP contribution in [0.2, 0.25) is 0 Å². The summed E-state index contributed by atoms with van der Waals surface area (Å²) >= 11 is 0. The van der Waals surface area contributed by atoms with Crippen molar-refractivity contribution in [3.63, 3.8) is 0 Å². The predicted molar refractivity (Wildman–Crippen MR) is 136 cm³/mol. The number of nitrogens with one attached hydrogen (secondary N) is 1. The van der Waals surface area contributed by atoms with E-state index in [2.05, 4.69) is 25.3 Å². The van der Waals surface area contributed by atoms with Crippen LogP contribution in [0.25, 0.3) is 0 Å². The fourth-order valence-electron chi connectivity index (χ4n) is 4.21. The van der Waals surface area contributed by atoms with Crippen LogP contribution in [0.4, 0.5) is 0 Å². The summed E-state index contributed by atoms with van der Waals surface area (Å²) in [4.78, 5) is 35.2. The molecule has 2 aliphatic heterocycles. The Hall–Kier alpha value is -2.47. The maximum absolute atomic E-state index is 12.4. The molecule has 0 radical (unpaired) electrons. The summed E-state index contributed by atoms with van der Waals surface area (Å²) in [5.41, 5.74) is 1.99. The number of amides is 2. The van der Waals surface area contributed by atoms with Crippen molar-refractivity contribution < 1.29 is 14.1 Å². The van der Waals surface area contributed by atoms with Gasteiger partial charge in [0, 0.05) is 58.9 Å². The molecule has 4 rings (SSSR count). The Morgan fingerprint density at radius 3 is 2.33 bits per heavy atom. The molecule has 2 amide bonds. The quantitative estimate of drug-likeness (QED) is 0.181. The predicted octanol–water partition coefficient (Wildman–Crippen LogP) is 2.37. The number of aromatic nitrogens is 1. The first-order valence-corrected chi connectivity index (χ1v) is 11.1. The van der Waals surface area contributed by atoms with E-state index in [0.717, 1.165) is 69.5 Å². The highest BCUT2D eigenvalue weighted by atomic mass is 127. The molecule has 1 N–H and O–H groups in total. The number of fused-ring (bicyclic) bond motifs is 1. The molecule has 1 aromatic carbocycles. The highest BCUT2D eigenvalue weighted by molar-refractivity contribution is 14.0. The number of imide groups is 1. The number of hydrogen-bond donors (Lipinski definition) is 1. The van der Waals surface area contributed by atoms with E-state index < -0.39 is 0 Å². The normalized spacial score (nSPS) is 16.7. The molecule has 178 valence electrons. The van der Waals surface area contributed by atoms with E-state index in [4.69, 9.17) is 4.52 Å². The molecule has 33 heavy (non-hydrogen) atoms. The van der Waals surface area contributed by atoms with E-state index in [-0.39, 0.29) is 35.8 Å². The van der Waals surface area contributed by atoms with Crippen molar-refractivity contribution in [3.05, 3.63) is 52.9 Å². The van der Waals surface area contributed by atoms with Gasteiger partial charge in [0.05, 0.1) is 16.8 Å². The van der Waals surface area contributed by atoms with Crippen LogP contribution in [0.3, 0.4) is 0 Å². The molecule has 9 nitrogen and oxygen atoms in total. The van der Waals surface area contributed by atoms with Gasteiger partial charge in [-0.25, -0.2) is 0 Å². The lowest BCUT2D eigenvalue weighted by atomic mass is 10.1. The third-order valence-electron chi connectivity index (χ3n) is 5.92. The van der Waals surface area contributed by atoms with Crippen LogP contribution >= 0.6 is 24.0 Å². The molecule has 0 atom stereocenters. The van der Waals surface area contributed by atoms with Crippen molar-refractivity contribution in [1.29, 1.82) is 0 Å². The van der Waals surface area contributed by atoms with Gasteiger partial charge in [0.1, 0.15) is 5.76 Å². The molecule has 0 aliphatic carbocycles. The summed E-state index contributed by atoms with van der Waals surface area (Å²) < 4.78 is 5.15. The van der Waals surface area contributed by atoms with Gasteiger partial charge in [0.2, 0.25) is 0 Å². The number of carbonyl (C=O) groups excluding carboxylic acids is 2. The molecular formula is C23H31IN6O3. The van der Waals surface area contributed by atoms with Gasteiger partial charge in [-0.3, -0.25) is 24.4 Å². The van der Waals surface area contributed by atoms with Gasteiger partial charge in [0.25, 0.3) is 11.8 Å². The van der Waals surface area contributed by atoms with E-state index >= 15 is 0 Å². The number of halogens is 1. The third kappa shape index (κ3) is 5.91. The smallest absolute Gasteiger partial charge is 0.261 e. The fraction of sp³-hybridized carbons (Fsp3) is 0.478. The maximum Gasteiger partial charge on any atom is 0.261 e. The standard InChI is InChI=1S/C23H30N6O3.HI/c1-17-15-18(26-32-17)16-27-11-13-28(14-12-27)23(24-2)25-9-5-6-10-29-21(30)19-7-3-4-8-20(19)22(29)31;/h3-4,7-8,15H,5-6,9-14,16H2,1-2H3,(H,24,25);1H. The number of rotatable bonds is 7.